The Hall–Kier alpha value is -1.84. The van der Waals surface area contributed by atoms with Crippen molar-refractivity contribution in [1.82, 2.24) is 4.98 Å². The average molecular weight is 207 g/mol. The van der Waals surface area contributed by atoms with E-state index in [-0.39, 0.29) is 11.4 Å². The van der Waals surface area contributed by atoms with Crippen LogP contribution in [0.1, 0.15) is 6.92 Å². The van der Waals surface area contributed by atoms with E-state index in [4.69, 9.17) is 4.74 Å². The fourth-order valence-electron chi connectivity index (χ4n) is 1.50. The molecule has 0 saturated heterocycles. The van der Waals surface area contributed by atoms with Crippen molar-refractivity contribution in [2.24, 2.45) is 0 Å². The van der Waals surface area contributed by atoms with Crippen LogP contribution >= 0.6 is 0 Å². The number of aromatic amines is 1. The molecule has 0 atom stereocenters. The Labute approximate surface area is 85.5 Å². The van der Waals surface area contributed by atoms with Crippen molar-refractivity contribution in [3.63, 3.8) is 0 Å². The van der Waals surface area contributed by atoms with E-state index in [0.29, 0.717) is 17.4 Å². The first-order chi connectivity index (χ1) is 7.22. The van der Waals surface area contributed by atoms with Gasteiger partial charge < -0.3 is 4.74 Å². The van der Waals surface area contributed by atoms with Crippen LogP contribution in [-0.2, 0) is 0 Å². The first-order valence-electron chi connectivity index (χ1n) is 4.66. The molecule has 78 valence electrons. The third-order valence-electron chi connectivity index (χ3n) is 2.08. The predicted molar refractivity (Wildman–Crippen MR) is 55.7 cm³/mol. The molecule has 0 radical (unpaired) electrons. The summed E-state index contributed by atoms with van der Waals surface area (Å²) in [5.74, 6) is -0.203. The van der Waals surface area contributed by atoms with E-state index in [1.165, 1.54) is 12.1 Å². The first-order valence-corrected chi connectivity index (χ1v) is 4.66. The van der Waals surface area contributed by atoms with E-state index in [1.54, 1.807) is 19.1 Å². The molecule has 0 spiro atoms. The second-order valence-corrected chi connectivity index (χ2v) is 3.10. The van der Waals surface area contributed by atoms with Crippen LogP contribution in [0.4, 0.5) is 4.39 Å². The standard InChI is InChI=1S/C11H10FNO2/c1-2-15-11-10-7(6-9(14)13-11)4-3-5-8(10)12/h3-6H,2H2,1H3,(H,13,14). The zero-order valence-corrected chi connectivity index (χ0v) is 8.21. The van der Waals surface area contributed by atoms with Gasteiger partial charge in [0.05, 0.1) is 12.0 Å². The third kappa shape index (κ3) is 1.70. The molecule has 1 aromatic heterocycles. The highest BCUT2D eigenvalue weighted by molar-refractivity contribution is 5.87. The molecule has 0 aliphatic rings. The number of pyridine rings is 1. The molecule has 0 unspecified atom stereocenters. The van der Waals surface area contributed by atoms with Crippen LogP contribution < -0.4 is 10.3 Å². The van der Waals surface area contributed by atoms with Gasteiger partial charge in [-0.1, -0.05) is 12.1 Å². The fourth-order valence-corrected chi connectivity index (χ4v) is 1.50. The quantitative estimate of drug-likeness (QED) is 0.819. The van der Waals surface area contributed by atoms with Crippen molar-refractivity contribution in [2.45, 2.75) is 6.92 Å². The van der Waals surface area contributed by atoms with Gasteiger partial charge in [0.2, 0.25) is 5.88 Å². The lowest BCUT2D eigenvalue weighted by Crippen LogP contribution is -2.08. The van der Waals surface area contributed by atoms with Gasteiger partial charge >= 0.3 is 0 Å². The lowest BCUT2D eigenvalue weighted by Gasteiger charge is -2.06. The monoisotopic (exact) mass is 207 g/mol. The number of hydrogen-bond acceptors (Lipinski definition) is 2. The molecule has 4 heteroatoms. The van der Waals surface area contributed by atoms with Crippen LogP contribution in [-0.4, -0.2) is 11.6 Å². The van der Waals surface area contributed by atoms with Gasteiger partial charge in [0, 0.05) is 6.07 Å². The number of benzene rings is 1. The zero-order chi connectivity index (χ0) is 10.8. The minimum Gasteiger partial charge on any atom is -0.479 e. The number of halogens is 1. The molecule has 2 rings (SSSR count). The van der Waals surface area contributed by atoms with Crippen LogP contribution in [0.15, 0.2) is 29.1 Å². The van der Waals surface area contributed by atoms with E-state index in [1.807, 2.05) is 0 Å². The Morgan fingerprint density at radius 2 is 2.27 bits per heavy atom. The molecule has 15 heavy (non-hydrogen) atoms. The summed E-state index contributed by atoms with van der Waals surface area (Å²) in [7, 11) is 0. The molecule has 3 nitrogen and oxygen atoms in total. The summed E-state index contributed by atoms with van der Waals surface area (Å²) in [5, 5.41) is 0.862. The summed E-state index contributed by atoms with van der Waals surface area (Å²) in [5.41, 5.74) is -0.295. The van der Waals surface area contributed by atoms with Gasteiger partial charge in [-0.05, 0) is 18.4 Å². The maximum Gasteiger partial charge on any atom is 0.251 e. The van der Waals surface area contributed by atoms with E-state index in [2.05, 4.69) is 4.98 Å². The number of nitrogens with one attached hydrogen (secondary N) is 1. The molecule has 1 N–H and O–H groups in total. The molecule has 1 aromatic carbocycles. The maximum atomic E-state index is 13.5. The third-order valence-corrected chi connectivity index (χ3v) is 2.08. The summed E-state index contributed by atoms with van der Waals surface area (Å²) in [6.07, 6.45) is 0. The molecule has 2 aromatic rings. The fraction of sp³-hybridized carbons (Fsp3) is 0.182. The highest BCUT2D eigenvalue weighted by Crippen LogP contribution is 2.24. The summed E-state index contributed by atoms with van der Waals surface area (Å²) in [6, 6.07) is 5.92. The van der Waals surface area contributed by atoms with Gasteiger partial charge in [-0.3, -0.25) is 9.78 Å². The van der Waals surface area contributed by atoms with Crippen molar-refractivity contribution < 1.29 is 9.13 Å². The maximum absolute atomic E-state index is 13.5. The van der Waals surface area contributed by atoms with Crippen LogP contribution in [0.3, 0.4) is 0 Å². The van der Waals surface area contributed by atoms with Gasteiger partial charge in [-0.15, -0.1) is 0 Å². The number of fused-ring (bicyclic) bond motifs is 1. The van der Waals surface area contributed by atoms with Gasteiger partial charge in [0.25, 0.3) is 5.56 Å². The first kappa shape index (κ1) is 9.71. The molecule has 0 fully saturated rings. The van der Waals surface area contributed by atoms with E-state index >= 15 is 0 Å². The minimum atomic E-state index is -0.396. The highest BCUT2D eigenvalue weighted by atomic mass is 19.1. The van der Waals surface area contributed by atoms with Crippen molar-refractivity contribution in [3.05, 3.63) is 40.4 Å². The average Bonchev–Trinajstić information content (AvgIpc) is 2.17. The molecular formula is C11H10FNO2. The van der Waals surface area contributed by atoms with E-state index in [9.17, 15) is 9.18 Å². The van der Waals surface area contributed by atoms with Crippen molar-refractivity contribution in [2.75, 3.05) is 6.61 Å². The van der Waals surface area contributed by atoms with Gasteiger partial charge in [-0.25, -0.2) is 4.39 Å². The second-order valence-electron chi connectivity index (χ2n) is 3.10. The lowest BCUT2D eigenvalue weighted by atomic mass is 10.1. The Morgan fingerprint density at radius 1 is 1.47 bits per heavy atom. The molecule has 0 aliphatic heterocycles. The summed E-state index contributed by atoms with van der Waals surface area (Å²) >= 11 is 0. The predicted octanol–water partition coefficient (Wildman–Crippen LogP) is 2.07. The largest absolute Gasteiger partial charge is 0.479 e. The second kappa shape index (κ2) is 3.73. The van der Waals surface area contributed by atoms with E-state index in [0.717, 1.165) is 0 Å². The minimum absolute atomic E-state index is 0.193. The molecule has 0 amide bonds. The number of hydrogen-bond donors (Lipinski definition) is 1. The Bertz CT molecular complexity index is 548. The van der Waals surface area contributed by atoms with Crippen LogP contribution in [0.25, 0.3) is 10.8 Å². The van der Waals surface area contributed by atoms with Crippen LogP contribution in [0, 0.1) is 5.82 Å². The zero-order valence-electron chi connectivity index (χ0n) is 8.21. The lowest BCUT2D eigenvalue weighted by molar-refractivity contribution is 0.329. The van der Waals surface area contributed by atoms with Crippen molar-refractivity contribution in [3.8, 4) is 5.88 Å². The number of aromatic nitrogens is 1. The molecular weight excluding hydrogens is 197 g/mol. The normalized spacial score (nSPS) is 10.5. The van der Waals surface area contributed by atoms with E-state index < -0.39 is 5.82 Å². The Balaban J connectivity index is 2.81. The number of ether oxygens (including phenoxy) is 1. The molecule has 0 aliphatic carbocycles. The smallest absolute Gasteiger partial charge is 0.251 e. The summed E-state index contributed by atoms with van der Waals surface area (Å²) in [6.45, 7) is 2.15. The Morgan fingerprint density at radius 3 is 3.00 bits per heavy atom. The molecule has 0 bridgehead atoms. The SMILES string of the molecule is CCOc1[nH]c(=O)cc2cccc(F)c12. The van der Waals surface area contributed by atoms with Crippen molar-refractivity contribution in [1.29, 1.82) is 0 Å². The highest BCUT2D eigenvalue weighted by Gasteiger charge is 2.08. The summed E-state index contributed by atoms with van der Waals surface area (Å²) in [4.78, 5) is 13.7. The number of H-pyrrole nitrogens is 1. The number of rotatable bonds is 2. The molecule has 0 saturated carbocycles. The Kier molecular flexibility index (Phi) is 2.41. The van der Waals surface area contributed by atoms with Gasteiger partial charge in [-0.2, -0.15) is 0 Å². The van der Waals surface area contributed by atoms with Gasteiger partial charge in [0.15, 0.2) is 0 Å². The van der Waals surface area contributed by atoms with Gasteiger partial charge in [0.1, 0.15) is 5.82 Å². The molecule has 1 heterocycles. The van der Waals surface area contributed by atoms with Crippen LogP contribution in [0.5, 0.6) is 5.88 Å². The van der Waals surface area contributed by atoms with Crippen molar-refractivity contribution >= 4 is 10.8 Å². The van der Waals surface area contributed by atoms with Crippen LogP contribution in [0.2, 0.25) is 0 Å². The topological polar surface area (TPSA) is 42.1 Å². The summed E-state index contributed by atoms with van der Waals surface area (Å²) < 4.78 is 18.7.